The molecule has 0 unspecified atom stereocenters. The molecule has 1 saturated heterocycles. The molecule has 28 heavy (non-hydrogen) atoms. The molecular formula is C22H31N5O. The largest absolute Gasteiger partial charge is 0.342 e. The highest BCUT2D eigenvalue weighted by atomic mass is 16.2. The van der Waals surface area contributed by atoms with Crippen molar-refractivity contribution in [3.05, 3.63) is 47.0 Å². The maximum absolute atomic E-state index is 13.3. The summed E-state index contributed by atoms with van der Waals surface area (Å²) < 4.78 is 2.28. The van der Waals surface area contributed by atoms with Crippen molar-refractivity contribution in [2.75, 3.05) is 19.6 Å². The molecule has 0 spiro atoms. The average molecular weight is 382 g/mol. The van der Waals surface area contributed by atoms with Crippen molar-refractivity contribution in [2.24, 2.45) is 0 Å². The maximum Gasteiger partial charge on any atom is 0.232 e. The molecule has 0 saturated carbocycles. The van der Waals surface area contributed by atoms with Gasteiger partial charge >= 0.3 is 0 Å². The quantitative estimate of drug-likeness (QED) is 0.884. The Morgan fingerprint density at radius 3 is 2.54 bits per heavy atom. The van der Waals surface area contributed by atoms with Gasteiger partial charge in [0.1, 0.15) is 11.6 Å². The van der Waals surface area contributed by atoms with Gasteiger partial charge in [-0.2, -0.15) is 0 Å². The number of carbonyl (C=O) groups is 1. The zero-order chi connectivity index (χ0) is 19.7. The van der Waals surface area contributed by atoms with Gasteiger partial charge in [0.25, 0.3) is 0 Å². The zero-order valence-electron chi connectivity index (χ0n) is 17.2. The number of aryl methyl sites for hydroxylation is 1. The van der Waals surface area contributed by atoms with Crippen LogP contribution in [-0.2, 0) is 29.7 Å². The van der Waals surface area contributed by atoms with Gasteiger partial charge in [0, 0.05) is 32.1 Å². The Kier molecular flexibility index (Phi) is 5.23. The predicted molar refractivity (Wildman–Crippen MR) is 109 cm³/mol. The van der Waals surface area contributed by atoms with Gasteiger partial charge in [0.05, 0.1) is 12.0 Å². The van der Waals surface area contributed by atoms with Crippen LogP contribution >= 0.6 is 0 Å². The second-order valence-electron chi connectivity index (χ2n) is 8.54. The van der Waals surface area contributed by atoms with Crippen molar-refractivity contribution in [1.29, 1.82) is 0 Å². The second-order valence-corrected chi connectivity index (χ2v) is 8.54. The summed E-state index contributed by atoms with van der Waals surface area (Å²) in [6.45, 7) is 10.5. The van der Waals surface area contributed by atoms with Crippen LogP contribution in [0.3, 0.4) is 0 Å². The third kappa shape index (κ3) is 3.46. The van der Waals surface area contributed by atoms with E-state index in [2.05, 4.69) is 51.3 Å². The number of amides is 1. The van der Waals surface area contributed by atoms with Gasteiger partial charge in [-0.1, -0.05) is 31.2 Å². The number of piperidine rings is 1. The molecule has 0 aliphatic carbocycles. The van der Waals surface area contributed by atoms with E-state index in [1.54, 1.807) is 0 Å². The van der Waals surface area contributed by atoms with Crippen molar-refractivity contribution in [1.82, 2.24) is 25.0 Å². The summed E-state index contributed by atoms with van der Waals surface area (Å²) in [5, 5.41) is 12.2. The monoisotopic (exact) mass is 381 g/mol. The lowest BCUT2D eigenvalue weighted by atomic mass is 9.82. The van der Waals surface area contributed by atoms with Crippen LogP contribution in [0.2, 0.25) is 0 Å². The molecule has 1 aromatic carbocycles. The molecule has 1 aromatic heterocycles. The van der Waals surface area contributed by atoms with Gasteiger partial charge in [0.15, 0.2) is 0 Å². The Bertz CT molecular complexity index is 831. The summed E-state index contributed by atoms with van der Waals surface area (Å²) >= 11 is 0. The van der Waals surface area contributed by atoms with E-state index in [0.29, 0.717) is 5.92 Å². The van der Waals surface area contributed by atoms with Crippen LogP contribution in [0.25, 0.3) is 0 Å². The van der Waals surface area contributed by atoms with Crippen molar-refractivity contribution in [3.63, 3.8) is 0 Å². The first-order valence-corrected chi connectivity index (χ1v) is 10.5. The van der Waals surface area contributed by atoms with Gasteiger partial charge in [-0.15, -0.1) is 10.2 Å². The molecule has 6 nitrogen and oxygen atoms in total. The lowest BCUT2D eigenvalue weighted by molar-refractivity contribution is -0.137. The number of hydrogen-bond acceptors (Lipinski definition) is 4. The first-order chi connectivity index (χ1) is 13.5. The van der Waals surface area contributed by atoms with E-state index in [9.17, 15) is 4.79 Å². The number of fused-ring (bicyclic) bond motifs is 1. The molecule has 6 heteroatoms. The van der Waals surface area contributed by atoms with E-state index in [-0.39, 0.29) is 5.91 Å². The van der Waals surface area contributed by atoms with Crippen LogP contribution in [0.1, 0.15) is 62.3 Å². The van der Waals surface area contributed by atoms with Crippen molar-refractivity contribution < 1.29 is 4.79 Å². The van der Waals surface area contributed by atoms with Crippen molar-refractivity contribution >= 4 is 5.91 Å². The number of nitrogens with zero attached hydrogens (tertiary/aromatic N) is 4. The number of likely N-dealkylation sites (tertiary alicyclic amines) is 1. The fourth-order valence-corrected chi connectivity index (χ4v) is 4.43. The molecule has 150 valence electrons. The average Bonchev–Trinajstić information content (AvgIpc) is 3.17. The van der Waals surface area contributed by atoms with Crippen LogP contribution in [0, 0.1) is 0 Å². The molecule has 1 amide bonds. The molecular weight excluding hydrogens is 350 g/mol. The van der Waals surface area contributed by atoms with Crippen molar-refractivity contribution in [3.8, 4) is 0 Å². The molecule has 0 atom stereocenters. The van der Waals surface area contributed by atoms with E-state index in [4.69, 9.17) is 0 Å². The highest BCUT2D eigenvalue weighted by Crippen LogP contribution is 2.32. The summed E-state index contributed by atoms with van der Waals surface area (Å²) in [5.41, 5.74) is 1.90. The minimum Gasteiger partial charge on any atom is -0.342 e. The third-order valence-corrected chi connectivity index (χ3v) is 6.42. The molecule has 3 heterocycles. The minimum absolute atomic E-state index is 0.225. The summed E-state index contributed by atoms with van der Waals surface area (Å²) in [5.74, 6) is 2.77. The number of aromatic nitrogens is 3. The SMILES string of the molecule is CCc1ccc(C(C)(C)C(=O)N2CCC(c3nnc4n3CCNC4)CC2)cc1. The third-order valence-electron chi connectivity index (χ3n) is 6.42. The number of nitrogens with one attached hydrogen (secondary N) is 1. The van der Waals surface area contributed by atoms with Gasteiger partial charge < -0.3 is 14.8 Å². The first-order valence-electron chi connectivity index (χ1n) is 10.5. The normalized spacial score (nSPS) is 18.2. The number of benzene rings is 1. The van der Waals surface area contributed by atoms with Gasteiger partial charge in [-0.3, -0.25) is 4.79 Å². The van der Waals surface area contributed by atoms with E-state index in [1.807, 2.05) is 18.7 Å². The number of rotatable bonds is 4. The lowest BCUT2D eigenvalue weighted by Gasteiger charge is -2.37. The molecule has 4 rings (SSSR count). The Morgan fingerprint density at radius 1 is 1.14 bits per heavy atom. The van der Waals surface area contributed by atoms with Crippen LogP contribution in [0.4, 0.5) is 0 Å². The molecule has 0 bridgehead atoms. The fourth-order valence-electron chi connectivity index (χ4n) is 4.43. The van der Waals surface area contributed by atoms with E-state index >= 15 is 0 Å². The lowest BCUT2D eigenvalue weighted by Crippen LogP contribution is -2.47. The molecule has 1 N–H and O–H groups in total. The molecule has 2 aliphatic rings. The summed E-state index contributed by atoms with van der Waals surface area (Å²) in [6.07, 6.45) is 2.94. The standard InChI is InChI=1S/C22H31N5O/c1-4-16-5-7-18(8-6-16)22(2,3)21(28)26-12-9-17(10-13-26)20-25-24-19-15-23-11-14-27(19)20/h5-8,17,23H,4,9-15H2,1-3H3. The van der Waals surface area contributed by atoms with E-state index in [1.165, 1.54) is 5.56 Å². The van der Waals surface area contributed by atoms with Crippen molar-refractivity contribution in [2.45, 2.75) is 64.5 Å². The topological polar surface area (TPSA) is 63.1 Å². The molecule has 2 aromatic rings. The van der Waals surface area contributed by atoms with Crippen LogP contribution < -0.4 is 5.32 Å². The predicted octanol–water partition coefficient (Wildman–Crippen LogP) is 2.63. The summed E-state index contributed by atoms with van der Waals surface area (Å²) in [7, 11) is 0. The molecule has 1 fully saturated rings. The molecule has 0 radical (unpaired) electrons. The summed E-state index contributed by atoms with van der Waals surface area (Å²) in [6, 6.07) is 8.50. The van der Waals surface area contributed by atoms with Crippen LogP contribution in [-0.4, -0.2) is 45.2 Å². The first kappa shape index (κ1) is 19.1. The minimum atomic E-state index is -0.501. The smallest absolute Gasteiger partial charge is 0.232 e. The van der Waals surface area contributed by atoms with Crippen LogP contribution in [0.15, 0.2) is 24.3 Å². The Labute approximate surface area is 167 Å². The van der Waals surface area contributed by atoms with Gasteiger partial charge in [-0.25, -0.2) is 0 Å². The number of hydrogen-bond donors (Lipinski definition) is 1. The Hall–Kier alpha value is -2.21. The van der Waals surface area contributed by atoms with E-state index < -0.39 is 5.41 Å². The number of carbonyl (C=O) groups excluding carboxylic acids is 1. The van der Waals surface area contributed by atoms with E-state index in [0.717, 1.165) is 69.2 Å². The fraction of sp³-hybridized carbons (Fsp3) is 0.591. The highest BCUT2D eigenvalue weighted by molar-refractivity contribution is 5.87. The maximum atomic E-state index is 13.3. The van der Waals surface area contributed by atoms with Gasteiger partial charge in [0.2, 0.25) is 5.91 Å². The van der Waals surface area contributed by atoms with Gasteiger partial charge in [-0.05, 0) is 44.2 Å². The second kappa shape index (κ2) is 7.66. The Morgan fingerprint density at radius 2 is 1.86 bits per heavy atom. The molecule has 2 aliphatic heterocycles. The summed E-state index contributed by atoms with van der Waals surface area (Å²) in [4.78, 5) is 15.3. The van der Waals surface area contributed by atoms with Crippen LogP contribution in [0.5, 0.6) is 0 Å². The zero-order valence-corrected chi connectivity index (χ0v) is 17.2. The Balaban J connectivity index is 1.42. The highest BCUT2D eigenvalue weighted by Gasteiger charge is 2.36.